The van der Waals surface area contributed by atoms with Gasteiger partial charge in [0.1, 0.15) is 0 Å². The number of sulfonamides is 1. The van der Waals surface area contributed by atoms with Gasteiger partial charge in [-0.2, -0.15) is 0 Å². The molecule has 0 radical (unpaired) electrons. The van der Waals surface area contributed by atoms with Crippen molar-refractivity contribution >= 4 is 21.6 Å². The number of nitrogens with zero attached hydrogens (tertiary/aromatic N) is 1. The summed E-state index contributed by atoms with van der Waals surface area (Å²) in [5.41, 5.74) is 3.41. The fraction of sp³-hybridized carbons (Fsp3) is 0.107. The first kappa shape index (κ1) is 23.3. The average Bonchev–Trinajstić information content (AvgIpc) is 2.88. The highest BCUT2D eigenvalue weighted by Crippen LogP contribution is 2.28. The lowest BCUT2D eigenvalue weighted by Crippen LogP contribution is -2.33. The Morgan fingerprint density at radius 2 is 1.24 bits per heavy atom. The van der Waals surface area contributed by atoms with Gasteiger partial charge in [-0.05, 0) is 42.3 Å². The summed E-state index contributed by atoms with van der Waals surface area (Å²) in [5, 5.41) is 3.10. The Morgan fingerprint density at radius 1 is 0.735 bits per heavy atom. The van der Waals surface area contributed by atoms with Crippen molar-refractivity contribution in [2.75, 3.05) is 11.4 Å². The number of hydrogen-bond acceptors (Lipinski definition) is 3. The summed E-state index contributed by atoms with van der Waals surface area (Å²) in [6.07, 6.45) is 0. The van der Waals surface area contributed by atoms with Crippen LogP contribution in [0.25, 0.3) is 0 Å². The van der Waals surface area contributed by atoms with E-state index in [9.17, 15) is 13.2 Å². The number of anilines is 1. The maximum absolute atomic E-state index is 13.5. The topological polar surface area (TPSA) is 66.5 Å². The Balaban J connectivity index is 1.69. The molecule has 0 unspecified atom stereocenters. The lowest BCUT2D eigenvalue weighted by molar-refractivity contribution is 0.0943. The van der Waals surface area contributed by atoms with E-state index >= 15 is 0 Å². The Bertz CT molecular complexity index is 1330. The summed E-state index contributed by atoms with van der Waals surface area (Å²) in [4.78, 5) is 13.7. The number of amides is 1. The maximum Gasteiger partial charge on any atom is 0.264 e. The van der Waals surface area contributed by atoms with Crippen LogP contribution in [0.4, 0.5) is 5.69 Å². The SMILES string of the molecule is Cc1ccc(S(=O)(=O)N(C)c2ccccc2C(=O)NC(c2ccccc2)c2ccccc2)cc1. The van der Waals surface area contributed by atoms with Gasteiger partial charge in [0.15, 0.2) is 0 Å². The summed E-state index contributed by atoms with van der Waals surface area (Å²) in [5.74, 6) is -0.362. The predicted molar refractivity (Wildman–Crippen MR) is 135 cm³/mol. The van der Waals surface area contributed by atoms with E-state index in [1.54, 1.807) is 48.5 Å². The van der Waals surface area contributed by atoms with E-state index < -0.39 is 10.0 Å². The number of carbonyl (C=O) groups is 1. The monoisotopic (exact) mass is 470 g/mol. The molecule has 0 saturated heterocycles. The van der Waals surface area contributed by atoms with Crippen LogP contribution in [-0.2, 0) is 10.0 Å². The Labute approximate surface area is 200 Å². The minimum absolute atomic E-state index is 0.169. The summed E-state index contributed by atoms with van der Waals surface area (Å²) < 4.78 is 27.7. The minimum atomic E-state index is -3.84. The molecule has 0 aliphatic rings. The van der Waals surface area contributed by atoms with Crippen molar-refractivity contribution in [1.82, 2.24) is 5.32 Å². The van der Waals surface area contributed by atoms with Gasteiger partial charge >= 0.3 is 0 Å². The molecule has 4 rings (SSSR count). The van der Waals surface area contributed by atoms with Crippen molar-refractivity contribution in [3.05, 3.63) is 131 Å². The second-order valence-corrected chi connectivity index (χ2v) is 10.00. The highest BCUT2D eigenvalue weighted by atomic mass is 32.2. The smallest absolute Gasteiger partial charge is 0.264 e. The van der Waals surface area contributed by atoms with Crippen LogP contribution in [0, 0.1) is 6.92 Å². The zero-order valence-electron chi connectivity index (χ0n) is 19.0. The third-order valence-electron chi connectivity index (χ3n) is 5.71. The number of benzene rings is 4. The first-order valence-corrected chi connectivity index (χ1v) is 12.4. The maximum atomic E-state index is 13.5. The largest absolute Gasteiger partial charge is 0.341 e. The van der Waals surface area contributed by atoms with Crippen LogP contribution in [-0.4, -0.2) is 21.4 Å². The van der Waals surface area contributed by atoms with Crippen LogP contribution in [0.3, 0.4) is 0 Å². The van der Waals surface area contributed by atoms with Gasteiger partial charge in [0.05, 0.1) is 22.2 Å². The van der Waals surface area contributed by atoms with Crippen LogP contribution in [0.2, 0.25) is 0 Å². The van der Waals surface area contributed by atoms with Crippen molar-refractivity contribution < 1.29 is 13.2 Å². The molecule has 0 aliphatic carbocycles. The molecule has 0 aromatic heterocycles. The lowest BCUT2D eigenvalue weighted by Gasteiger charge is -2.24. The van der Waals surface area contributed by atoms with Crippen LogP contribution in [0.5, 0.6) is 0 Å². The quantitative estimate of drug-likeness (QED) is 0.397. The highest BCUT2D eigenvalue weighted by molar-refractivity contribution is 7.92. The molecular formula is C28H26N2O3S. The third-order valence-corrected chi connectivity index (χ3v) is 7.49. The first-order chi connectivity index (χ1) is 16.4. The Morgan fingerprint density at radius 3 is 1.79 bits per heavy atom. The van der Waals surface area contributed by atoms with Crippen molar-refractivity contribution in [3.63, 3.8) is 0 Å². The molecule has 0 fully saturated rings. The highest BCUT2D eigenvalue weighted by Gasteiger charge is 2.26. The van der Waals surface area contributed by atoms with Crippen LogP contribution < -0.4 is 9.62 Å². The fourth-order valence-corrected chi connectivity index (χ4v) is 5.01. The van der Waals surface area contributed by atoms with Crippen molar-refractivity contribution in [2.45, 2.75) is 17.9 Å². The van der Waals surface area contributed by atoms with Gasteiger partial charge < -0.3 is 5.32 Å². The van der Waals surface area contributed by atoms with Crippen molar-refractivity contribution in [1.29, 1.82) is 0 Å². The van der Waals surface area contributed by atoms with E-state index in [0.717, 1.165) is 21.0 Å². The summed E-state index contributed by atoms with van der Waals surface area (Å²) in [6, 6.07) is 32.4. The molecule has 0 atom stereocenters. The summed E-state index contributed by atoms with van der Waals surface area (Å²) >= 11 is 0. The molecule has 4 aromatic rings. The molecule has 1 amide bonds. The fourth-order valence-electron chi connectivity index (χ4n) is 3.80. The van der Waals surface area contributed by atoms with Gasteiger partial charge in [-0.15, -0.1) is 0 Å². The third kappa shape index (κ3) is 4.87. The van der Waals surface area contributed by atoms with Gasteiger partial charge in [-0.3, -0.25) is 9.10 Å². The molecular weight excluding hydrogens is 444 g/mol. The Kier molecular flexibility index (Phi) is 6.80. The van der Waals surface area contributed by atoms with E-state index in [1.165, 1.54) is 7.05 Å². The molecule has 6 heteroatoms. The molecule has 5 nitrogen and oxygen atoms in total. The molecule has 0 saturated carbocycles. The van der Waals surface area contributed by atoms with Crippen LogP contribution in [0.1, 0.15) is 33.1 Å². The number of hydrogen-bond donors (Lipinski definition) is 1. The van der Waals surface area contributed by atoms with E-state index in [4.69, 9.17) is 0 Å². The summed E-state index contributed by atoms with van der Waals surface area (Å²) in [6.45, 7) is 1.90. The second-order valence-electron chi connectivity index (χ2n) is 8.03. The van der Waals surface area contributed by atoms with Crippen molar-refractivity contribution in [2.24, 2.45) is 0 Å². The molecule has 1 N–H and O–H groups in total. The van der Waals surface area contributed by atoms with Gasteiger partial charge in [-0.1, -0.05) is 90.5 Å². The second kappa shape index (κ2) is 9.93. The summed E-state index contributed by atoms with van der Waals surface area (Å²) in [7, 11) is -2.38. The van der Waals surface area contributed by atoms with Gasteiger partial charge in [-0.25, -0.2) is 8.42 Å². The van der Waals surface area contributed by atoms with Crippen LogP contribution in [0.15, 0.2) is 114 Å². The number of aryl methyl sites for hydroxylation is 1. The molecule has 172 valence electrons. The van der Waals surface area contributed by atoms with E-state index in [0.29, 0.717) is 5.69 Å². The normalized spacial score (nSPS) is 11.3. The van der Waals surface area contributed by atoms with E-state index in [1.807, 2.05) is 67.6 Å². The zero-order valence-corrected chi connectivity index (χ0v) is 19.9. The molecule has 0 bridgehead atoms. The van der Waals surface area contributed by atoms with Gasteiger partial charge in [0.2, 0.25) is 0 Å². The number of carbonyl (C=O) groups excluding carboxylic acids is 1. The number of rotatable bonds is 7. The predicted octanol–water partition coefficient (Wildman–Crippen LogP) is 5.34. The first-order valence-electron chi connectivity index (χ1n) is 10.9. The van der Waals surface area contributed by atoms with Gasteiger partial charge in [0, 0.05) is 7.05 Å². The van der Waals surface area contributed by atoms with Crippen molar-refractivity contribution in [3.8, 4) is 0 Å². The number of para-hydroxylation sites is 1. The number of nitrogens with one attached hydrogen (secondary N) is 1. The minimum Gasteiger partial charge on any atom is -0.341 e. The molecule has 4 aromatic carbocycles. The zero-order chi connectivity index (χ0) is 24.1. The molecule has 0 heterocycles. The standard InChI is InChI=1S/C28H26N2O3S/c1-21-17-19-24(20-18-21)34(32,33)30(2)26-16-10-9-15-25(26)28(31)29-27(22-11-5-3-6-12-22)23-13-7-4-8-14-23/h3-20,27H,1-2H3,(H,29,31). The van der Waals surface area contributed by atoms with E-state index in [-0.39, 0.29) is 22.4 Å². The molecule has 0 spiro atoms. The van der Waals surface area contributed by atoms with E-state index in [2.05, 4.69) is 5.32 Å². The Hall–Kier alpha value is -3.90. The lowest BCUT2D eigenvalue weighted by atomic mass is 9.98. The molecule has 34 heavy (non-hydrogen) atoms. The average molecular weight is 471 g/mol. The van der Waals surface area contributed by atoms with Gasteiger partial charge in [0.25, 0.3) is 15.9 Å². The molecule has 0 aliphatic heterocycles. The van der Waals surface area contributed by atoms with Crippen LogP contribution >= 0.6 is 0 Å².